The Morgan fingerprint density at radius 3 is 2.59 bits per heavy atom. The molecular formula is C14H11BrN4O3. The predicted molar refractivity (Wildman–Crippen MR) is 80.8 cm³/mol. The van der Waals surface area contributed by atoms with E-state index >= 15 is 0 Å². The number of carbonyl (C=O) groups excluding carboxylic acids is 2. The van der Waals surface area contributed by atoms with Crippen LogP contribution in [0.4, 0.5) is 0 Å². The van der Waals surface area contributed by atoms with Crippen molar-refractivity contribution in [3.63, 3.8) is 0 Å². The Hall–Kier alpha value is -2.79. The molecule has 0 bridgehead atoms. The first-order valence-corrected chi connectivity index (χ1v) is 6.94. The third-order valence-electron chi connectivity index (χ3n) is 2.56. The molecule has 1 heterocycles. The molecule has 2 amide bonds. The van der Waals surface area contributed by atoms with Crippen LogP contribution >= 0.6 is 15.9 Å². The van der Waals surface area contributed by atoms with Gasteiger partial charge in [-0.25, -0.2) is 0 Å². The molecule has 2 aromatic rings. The van der Waals surface area contributed by atoms with E-state index in [1.165, 1.54) is 0 Å². The van der Waals surface area contributed by atoms with Gasteiger partial charge in [0.15, 0.2) is 6.61 Å². The Morgan fingerprint density at radius 2 is 2.00 bits per heavy atom. The maximum Gasteiger partial charge on any atom is 0.286 e. The second kappa shape index (κ2) is 7.28. The highest BCUT2D eigenvalue weighted by Gasteiger charge is 2.09. The molecule has 2 rings (SSSR count). The van der Waals surface area contributed by atoms with Crippen molar-refractivity contribution in [3.8, 4) is 11.8 Å². The van der Waals surface area contributed by atoms with Crippen LogP contribution in [0.2, 0.25) is 0 Å². The molecule has 3 N–H and O–H groups in total. The van der Waals surface area contributed by atoms with Gasteiger partial charge >= 0.3 is 0 Å². The normalized spacial score (nSPS) is 9.64. The molecule has 0 aliphatic heterocycles. The summed E-state index contributed by atoms with van der Waals surface area (Å²) in [5.74, 6) is -0.533. The van der Waals surface area contributed by atoms with E-state index < -0.39 is 11.8 Å². The van der Waals surface area contributed by atoms with Gasteiger partial charge in [-0.05, 0) is 46.3 Å². The summed E-state index contributed by atoms with van der Waals surface area (Å²) in [6.45, 7) is -0.263. The maximum atomic E-state index is 11.7. The standard InChI is InChI=1S/C14H11BrN4O3/c15-10-5-12(17-7-10)14(21)19-18-13(20)8-22-11-3-1-9(6-16)2-4-11/h1-5,7,17H,8H2,(H,18,20)(H,19,21). The van der Waals surface area contributed by atoms with Crippen LogP contribution in [0, 0.1) is 11.3 Å². The molecule has 1 aromatic heterocycles. The monoisotopic (exact) mass is 362 g/mol. The van der Waals surface area contributed by atoms with Crippen molar-refractivity contribution in [2.75, 3.05) is 6.61 Å². The minimum atomic E-state index is -0.511. The third-order valence-corrected chi connectivity index (χ3v) is 3.02. The minimum absolute atomic E-state index is 0.263. The topological polar surface area (TPSA) is 107 Å². The SMILES string of the molecule is N#Cc1ccc(OCC(=O)NNC(=O)c2cc(Br)c[nH]2)cc1. The van der Waals surface area contributed by atoms with E-state index in [2.05, 4.69) is 31.8 Å². The van der Waals surface area contributed by atoms with Crippen LogP contribution in [0.25, 0.3) is 0 Å². The molecule has 0 aliphatic carbocycles. The fraction of sp³-hybridized carbons (Fsp3) is 0.0714. The van der Waals surface area contributed by atoms with Crippen molar-refractivity contribution in [3.05, 3.63) is 52.3 Å². The molecule has 0 saturated heterocycles. The molecule has 0 saturated carbocycles. The van der Waals surface area contributed by atoms with E-state index in [1.54, 1.807) is 36.5 Å². The largest absolute Gasteiger partial charge is 0.484 e. The number of ether oxygens (including phenoxy) is 1. The van der Waals surface area contributed by atoms with Gasteiger partial charge in [0.2, 0.25) is 0 Å². The van der Waals surface area contributed by atoms with E-state index in [-0.39, 0.29) is 6.61 Å². The van der Waals surface area contributed by atoms with E-state index in [9.17, 15) is 9.59 Å². The molecule has 0 aliphatic rings. The number of hydrazine groups is 1. The molecule has 1 aromatic carbocycles. The van der Waals surface area contributed by atoms with Gasteiger partial charge < -0.3 is 9.72 Å². The lowest BCUT2D eigenvalue weighted by molar-refractivity contribution is -0.123. The summed E-state index contributed by atoms with van der Waals surface area (Å²) < 4.78 is 5.95. The van der Waals surface area contributed by atoms with Crippen LogP contribution in [0.3, 0.4) is 0 Å². The van der Waals surface area contributed by atoms with Crippen molar-refractivity contribution in [2.24, 2.45) is 0 Å². The molecule has 8 heteroatoms. The number of halogens is 1. The lowest BCUT2D eigenvalue weighted by Crippen LogP contribution is -2.43. The van der Waals surface area contributed by atoms with Crippen molar-refractivity contribution in [2.45, 2.75) is 0 Å². The van der Waals surface area contributed by atoms with Crippen LogP contribution < -0.4 is 15.6 Å². The first kappa shape index (κ1) is 15.6. The van der Waals surface area contributed by atoms with E-state index in [1.807, 2.05) is 6.07 Å². The first-order chi connectivity index (χ1) is 10.6. The number of nitriles is 1. The number of benzene rings is 1. The van der Waals surface area contributed by atoms with Crippen molar-refractivity contribution in [1.29, 1.82) is 5.26 Å². The number of nitrogens with zero attached hydrogens (tertiary/aromatic N) is 1. The molecule has 0 radical (unpaired) electrons. The summed E-state index contributed by atoms with van der Waals surface area (Å²) in [6, 6.07) is 9.89. The van der Waals surface area contributed by atoms with E-state index in [0.29, 0.717) is 17.0 Å². The highest BCUT2D eigenvalue weighted by molar-refractivity contribution is 9.10. The fourth-order valence-electron chi connectivity index (χ4n) is 1.50. The van der Waals surface area contributed by atoms with E-state index in [4.69, 9.17) is 10.00 Å². The average molecular weight is 363 g/mol. The predicted octanol–water partition coefficient (Wildman–Crippen LogP) is 1.49. The molecule has 0 spiro atoms. The van der Waals surface area contributed by atoms with Crippen LogP contribution in [0.15, 0.2) is 41.0 Å². The number of carbonyl (C=O) groups is 2. The summed E-state index contributed by atoms with van der Waals surface area (Å²) in [4.78, 5) is 25.9. The average Bonchev–Trinajstić information content (AvgIpc) is 2.97. The summed E-state index contributed by atoms with van der Waals surface area (Å²) in [5, 5.41) is 8.66. The van der Waals surface area contributed by atoms with E-state index in [0.717, 1.165) is 4.47 Å². The Labute approximate surface area is 134 Å². The van der Waals surface area contributed by atoms with Gasteiger partial charge in [-0.2, -0.15) is 5.26 Å². The first-order valence-electron chi connectivity index (χ1n) is 6.14. The number of aromatic amines is 1. The highest BCUT2D eigenvalue weighted by Crippen LogP contribution is 2.11. The van der Waals surface area contributed by atoms with Crippen molar-refractivity contribution in [1.82, 2.24) is 15.8 Å². The molecule has 0 unspecified atom stereocenters. The second-order valence-corrected chi connectivity index (χ2v) is 5.07. The molecule has 112 valence electrons. The van der Waals surface area contributed by atoms with Crippen LogP contribution in [0.5, 0.6) is 5.75 Å². The van der Waals surface area contributed by atoms with Crippen LogP contribution in [-0.4, -0.2) is 23.4 Å². The Bertz CT molecular complexity index is 718. The smallest absolute Gasteiger partial charge is 0.286 e. The molecule has 0 atom stereocenters. The number of amides is 2. The van der Waals surface area contributed by atoms with Crippen LogP contribution in [-0.2, 0) is 4.79 Å². The minimum Gasteiger partial charge on any atom is -0.484 e. The van der Waals surface area contributed by atoms with Gasteiger partial charge in [0.1, 0.15) is 11.4 Å². The van der Waals surface area contributed by atoms with Gasteiger partial charge in [0.05, 0.1) is 11.6 Å². The highest BCUT2D eigenvalue weighted by atomic mass is 79.9. The van der Waals surface area contributed by atoms with Crippen molar-refractivity contribution >= 4 is 27.7 Å². The van der Waals surface area contributed by atoms with Crippen LogP contribution in [0.1, 0.15) is 16.1 Å². The third kappa shape index (κ3) is 4.36. The quantitative estimate of drug-likeness (QED) is 0.716. The Morgan fingerprint density at radius 1 is 1.27 bits per heavy atom. The lowest BCUT2D eigenvalue weighted by Gasteiger charge is -2.08. The maximum absolute atomic E-state index is 11.7. The Kier molecular flexibility index (Phi) is 5.16. The number of rotatable bonds is 4. The number of nitrogens with one attached hydrogen (secondary N) is 3. The zero-order valence-electron chi connectivity index (χ0n) is 11.2. The summed E-state index contributed by atoms with van der Waals surface area (Å²) in [6.07, 6.45) is 1.60. The lowest BCUT2D eigenvalue weighted by atomic mass is 10.2. The van der Waals surface area contributed by atoms with Crippen molar-refractivity contribution < 1.29 is 14.3 Å². The second-order valence-electron chi connectivity index (χ2n) is 4.16. The fourth-order valence-corrected chi connectivity index (χ4v) is 1.85. The Balaban J connectivity index is 1.76. The zero-order chi connectivity index (χ0) is 15.9. The number of H-pyrrole nitrogens is 1. The molecular weight excluding hydrogens is 352 g/mol. The summed E-state index contributed by atoms with van der Waals surface area (Å²) in [5.41, 5.74) is 5.29. The van der Waals surface area contributed by atoms with Gasteiger partial charge in [-0.1, -0.05) is 0 Å². The molecule has 0 fully saturated rings. The summed E-state index contributed by atoms with van der Waals surface area (Å²) in [7, 11) is 0. The number of hydrogen-bond donors (Lipinski definition) is 3. The van der Waals surface area contributed by atoms with Gasteiger partial charge in [0, 0.05) is 10.7 Å². The molecule has 22 heavy (non-hydrogen) atoms. The number of aromatic nitrogens is 1. The van der Waals surface area contributed by atoms with Gasteiger partial charge in [-0.15, -0.1) is 0 Å². The number of hydrogen-bond acceptors (Lipinski definition) is 4. The van der Waals surface area contributed by atoms with Gasteiger partial charge in [0.25, 0.3) is 11.8 Å². The zero-order valence-corrected chi connectivity index (χ0v) is 12.8. The van der Waals surface area contributed by atoms with Gasteiger partial charge in [-0.3, -0.25) is 20.4 Å². The molecule has 7 nitrogen and oxygen atoms in total. The summed E-state index contributed by atoms with van der Waals surface area (Å²) >= 11 is 3.20.